The van der Waals surface area contributed by atoms with Crippen molar-refractivity contribution in [2.75, 3.05) is 30.7 Å². The third-order valence-electron chi connectivity index (χ3n) is 7.17. The van der Waals surface area contributed by atoms with E-state index in [9.17, 15) is 8.42 Å². The van der Waals surface area contributed by atoms with E-state index in [-0.39, 0.29) is 10.6 Å². The summed E-state index contributed by atoms with van der Waals surface area (Å²) in [7, 11) is 1.64. The van der Waals surface area contributed by atoms with Crippen molar-refractivity contribution >= 4 is 37.9 Å². The zero-order valence-corrected chi connectivity index (χ0v) is 25.0. The molecule has 0 spiro atoms. The number of ether oxygens (including phenoxy) is 2. The zero-order chi connectivity index (χ0) is 30.0. The summed E-state index contributed by atoms with van der Waals surface area (Å²) in [4.78, 5) is 6.87. The molecule has 0 aliphatic rings. The van der Waals surface area contributed by atoms with Gasteiger partial charge in [0.05, 0.1) is 42.3 Å². The van der Waals surface area contributed by atoms with Gasteiger partial charge in [0, 0.05) is 32.1 Å². The summed E-state index contributed by atoms with van der Waals surface area (Å²) in [5.41, 5.74) is 6.00. The van der Waals surface area contributed by atoms with Crippen LogP contribution in [0, 0.1) is 12.7 Å². The number of anilines is 3. The maximum atomic E-state index is 15.2. The van der Waals surface area contributed by atoms with Crippen molar-refractivity contribution in [3.8, 4) is 11.5 Å². The van der Waals surface area contributed by atoms with E-state index in [1.165, 1.54) is 6.07 Å². The SMILES string of the molecule is COc1ccc(CN(Cc2ccc(OC)cc2)c2cc(Nc3c(C)cc(S(C)(=O)=O)cc3F)cc3c2ncn3C)cc1. The van der Waals surface area contributed by atoms with Gasteiger partial charge in [0.25, 0.3) is 0 Å². The average Bonchev–Trinajstić information content (AvgIpc) is 3.34. The first kappa shape index (κ1) is 28.9. The van der Waals surface area contributed by atoms with Crippen molar-refractivity contribution in [2.24, 2.45) is 7.05 Å². The molecule has 5 aromatic rings. The minimum Gasteiger partial charge on any atom is -0.497 e. The van der Waals surface area contributed by atoms with E-state index in [2.05, 4.69) is 10.2 Å². The van der Waals surface area contributed by atoms with E-state index in [1.807, 2.05) is 72.3 Å². The molecule has 0 bridgehead atoms. The molecule has 0 atom stereocenters. The Kier molecular flexibility index (Phi) is 8.08. The Morgan fingerprint density at radius 3 is 1.98 bits per heavy atom. The van der Waals surface area contributed by atoms with Gasteiger partial charge in [-0.25, -0.2) is 17.8 Å². The van der Waals surface area contributed by atoms with Crippen LogP contribution in [0.2, 0.25) is 0 Å². The van der Waals surface area contributed by atoms with Crippen LogP contribution >= 0.6 is 0 Å². The number of imidazole rings is 1. The number of rotatable bonds is 10. The van der Waals surface area contributed by atoms with Crippen molar-refractivity contribution < 1.29 is 22.3 Å². The first-order chi connectivity index (χ1) is 20.0. The number of nitrogens with one attached hydrogen (secondary N) is 1. The lowest BCUT2D eigenvalue weighted by atomic mass is 10.1. The minimum absolute atomic E-state index is 0.0593. The smallest absolute Gasteiger partial charge is 0.175 e. The molecule has 8 nitrogen and oxygen atoms in total. The van der Waals surface area contributed by atoms with Crippen LogP contribution < -0.4 is 19.7 Å². The van der Waals surface area contributed by atoms with E-state index in [0.717, 1.165) is 51.7 Å². The quantitative estimate of drug-likeness (QED) is 0.202. The molecule has 42 heavy (non-hydrogen) atoms. The van der Waals surface area contributed by atoms with Gasteiger partial charge in [-0.15, -0.1) is 0 Å². The van der Waals surface area contributed by atoms with Crippen molar-refractivity contribution in [1.82, 2.24) is 9.55 Å². The summed E-state index contributed by atoms with van der Waals surface area (Å²) in [5, 5.41) is 3.21. The van der Waals surface area contributed by atoms with E-state index in [4.69, 9.17) is 14.5 Å². The van der Waals surface area contributed by atoms with Gasteiger partial charge < -0.3 is 24.3 Å². The fourth-order valence-electron chi connectivity index (χ4n) is 4.88. The molecule has 0 amide bonds. The highest BCUT2D eigenvalue weighted by atomic mass is 32.2. The molecule has 0 aliphatic heterocycles. The Bertz CT molecular complexity index is 1760. The standard InChI is InChI=1S/C32H33FN4O4S/c1-21-14-27(42(5,38)39)17-28(33)31(21)35-24-15-29-32(34-20-36(29)2)30(16-24)37(18-22-6-10-25(40-3)11-7-22)19-23-8-12-26(41-4)13-9-23/h6-17,20,35H,18-19H2,1-5H3. The molecular weight excluding hydrogens is 555 g/mol. The Labute approximate surface area is 245 Å². The number of hydrogen-bond acceptors (Lipinski definition) is 7. The predicted molar refractivity (Wildman–Crippen MR) is 164 cm³/mol. The van der Waals surface area contributed by atoms with Crippen LogP contribution in [-0.2, 0) is 30.0 Å². The van der Waals surface area contributed by atoms with Gasteiger partial charge in [-0.3, -0.25) is 0 Å². The van der Waals surface area contributed by atoms with Gasteiger partial charge in [-0.2, -0.15) is 0 Å². The molecule has 0 saturated heterocycles. The highest BCUT2D eigenvalue weighted by molar-refractivity contribution is 7.90. The molecule has 4 aromatic carbocycles. The van der Waals surface area contributed by atoms with Gasteiger partial charge in [0.15, 0.2) is 9.84 Å². The van der Waals surface area contributed by atoms with Gasteiger partial charge in [-0.05, 0) is 72.1 Å². The third-order valence-corrected chi connectivity index (χ3v) is 8.27. The van der Waals surface area contributed by atoms with Crippen molar-refractivity contribution in [2.45, 2.75) is 24.9 Å². The molecule has 218 valence electrons. The highest BCUT2D eigenvalue weighted by Gasteiger charge is 2.19. The van der Waals surface area contributed by atoms with Gasteiger partial charge in [0.1, 0.15) is 22.8 Å². The Morgan fingerprint density at radius 1 is 0.905 bits per heavy atom. The average molecular weight is 589 g/mol. The molecule has 0 saturated carbocycles. The molecule has 5 rings (SSSR count). The maximum Gasteiger partial charge on any atom is 0.175 e. The van der Waals surface area contributed by atoms with E-state index in [1.54, 1.807) is 27.5 Å². The Morgan fingerprint density at radius 2 is 1.48 bits per heavy atom. The van der Waals surface area contributed by atoms with Crippen LogP contribution in [0.3, 0.4) is 0 Å². The van der Waals surface area contributed by atoms with Crippen LogP contribution in [0.5, 0.6) is 11.5 Å². The molecule has 0 fully saturated rings. The summed E-state index contributed by atoms with van der Waals surface area (Å²) >= 11 is 0. The Balaban J connectivity index is 1.59. The van der Waals surface area contributed by atoms with Gasteiger partial charge >= 0.3 is 0 Å². The van der Waals surface area contributed by atoms with Crippen LogP contribution in [0.4, 0.5) is 21.5 Å². The third kappa shape index (κ3) is 6.18. The zero-order valence-electron chi connectivity index (χ0n) is 24.2. The van der Waals surface area contributed by atoms with Crippen molar-refractivity contribution in [3.63, 3.8) is 0 Å². The number of aryl methyl sites for hydroxylation is 2. The second-order valence-electron chi connectivity index (χ2n) is 10.3. The molecule has 0 unspecified atom stereocenters. The number of halogens is 1. The number of nitrogens with zero attached hydrogens (tertiary/aromatic N) is 3. The predicted octanol–water partition coefficient (Wildman–Crippen LogP) is 6.39. The molecule has 1 aromatic heterocycles. The number of hydrogen-bond donors (Lipinski definition) is 1. The maximum absolute atomic E-state index is 15.2. The second-order valence-corrected chi connectivity index (χ2v) is 12.3. The largest absolute Gasteiger partial charge is 0.497 e. The minimum atomic E-state index is -3.55. The lowest BCUT2D eigenvalue weighted by molar-refractivity contribution is 0.414. The van der Waals surface area contributed by atoms with E-state index < -0.39 is 15.7 Å². The molecule has 0 radical (unpaired) electrons. The number of benzene rings is 4. The Hall–Kier alpha value is -4.57. The monoisotopic (exact) mass is 588 g/mol. The molecule has 10 heteroatoms. The number of sulfone groups is 1. The second kappa shape index (κ2) is 11.7. The van der Waals surface area contributed by atoms with Crippen LogP contribution in [0.25, 0.3) is 11.0 Å². The topological polar surface area (TPSA) is 85.7 Å². The summed E-state index contributed by atoms with van der Waals surface area (Å²) in [6.45, 7) is 2.83. The van der Waals surface area contributed by atoms with Crippen LogP contribution in [-0.4, -0.2) is 38.4 Å². The summed E-state index contributed by atoms with van der Waals surface area (Å²) < 4.78 is 51.9. The molecule has 0 aliphatic carbocycles. The molecule has 1 N–H and O–H groups in total. The van der Waals surface area contributed by atoms with Gasteiger partial charge in [0.2, 0.25) is 0 Å². The van der Waals surface area contributed by atoms with E-state index >= 15 is 4.39 Å². The lowest BCUT2D eigenvalue weighted by Crippen LogP contribution is -2.22. The van der Waals surface area contributed by atoms with Crippen LogP contribution in [0.1, 0.15) is 16.7 Å². The van der Waals surface area contributed by atoms with Crippen molar-refractivity contribution in [1.29, 1.82) is 0 Å². The van der Waals surface area contributed by atoms with Gasteiger partial charge in [-0.1, -0.05) is 24.3 Å². The molecular formula is C32H33FN4O4S. The molecule has 1 heterocycles. The summed E-state index contributed by atoms with van der Waals surface area (Å²) in [5.74, 6) is 0.909. The first-order valence-electron chi connectivity index (χ1n) is 13.3. The van der Waals surface area contributed by atoms with Crippen molar-refractivity contribution in [3.05, 3.63) is 102 Å². The normalized spacial score (nSPS) is 11.5. The number of aromatic nitrogens is 2. The van der Waals surface area contributed by atoms with Crippen LogP contribution in [0.15, 0.2) is 84.0 Å². The summed E-state index contributed by atoms with van der Waals surface area (Å²) in [6.07, 6.45) is 2.82. The first-order valence-corrected chi connectivity index (χ1v) is 15.2. The number of fused-ring (bicyclic) bond motifs is 1. The number of methoxy groups -OCH3 is 2. The fraction of sp³-hybridized carbons (Fsp3) is 0.219. The lowest BCUT2D eigenvalue weighted by Gasteiger charge is -2.27. The summed E-state index contributed by atoms with van der Waals surface area (Å²) in [6, 6.07) is 22.2. The fourth-order valence-corrected chi connectivity index (χ4v) is 5.59. The van der Waals surface area contributed by atoms with E-state index in [0.29, 0.717) is 24.3 Å². The highest BCUT2D eigenvalue weighted by Crippen LogP contribution is 2.35.